The highest BCUT2D eigenvalue weighted by Gasteiger charge is 2.36. The summed E-state index contributed by atoms with van der Waals surface area (Å²) in [5, 5.41) is 0. The van der Waals surface area contributed by atoms with E-state index in [2.05, 4.69) is 29.2 Å². The van der Waals surface area contributed by atoms with Gasteiger partial charge in [-0.3, -0.25) is 4.90 Å². The second kappa shape index (κ2) is 6.73. The van der Waals surface area contributed by atoms with Crippen molar-refractivity contribution in [3.63, 3.8) is 0 Å². The monoisotopic (exact) mass is 290 g/mol. The number of fused-ring (bicyclic) bond motifs is 1. The molecule has 2 fully saturated rings. The molecule has 3 rings (SSSR count). The van der Waals surface area contributed by atoms with Crippen molar-refractivity contribution in [3.8, 4) is 0 Å². The Morgan fingerprint density at radius 3 is 2.56 bits per heavy atom. The molecule has 1 aromatic carbocycles. The average molecular weight is 291 g/mol. The van der Waals surface area contributed by atoms with Crippen LogP contribution >= 0.6 is 24.8 Å². The Morgan fingerprint density at radius 2 is 1.83 bits per heavy atom. The third-order valence-corrected chi connectivity index (χ3v) is 3.62. The number of hydrogen-bond acceptors (Lipinski definition) is 3. The molecular weight excluding hydrogens is 271 g/mol. The Kier molecular flexibility index (Phi) is 5.89. The summed E-state index contributed by atoms with van der Waals surface area (Å²) in [7, 11) is 0. The SMILES string of the molecule is Cl.Cl.N[C@H]1C[C@H]2CO[C@@H](c3ccccc3)CN2C1. The quantitative estimate of drug-likeness (QED) is 0.860. The Labute approximate surface area is 120 Å². The fourth-order valence-electron chi connectivity index (χ4n) is 2.78. The van der Waals surface area contributed by atoms with Crippen LogP contribution in [0.4, 0.5) is 0 Å². The second-order valence-electron chi connectivity index (χ2n) is 4.84. The molecule has 0 unspecified atom stereocenters. The molecule has 3 nitrogen and oxygen atoms in total. The van der Waals surface area contributed by atoms with Crippen LogP contribution in [0.15, 0.2) is 30.3 Å². The van der Waals surface area contributed by atoms with Crippen molar-refractivity contribution < 1.29 is 4.74 Å². The number of hydrogen-bond donors (Lipinski definition) is 1. The van der Waals surface area contributed by atoms with Crippen molar-refractivity contribution in [2.45, 2.75) is 24.6 Å². The van der Waals surface area contributed by atoms with E-state index in [1.165, 1.54) is 5.56 Å². The predicted octanol–water partition coefficient (Wildman–Crippen LogP) is 2.00. The Hall–Kier alpha value is -0.320. The molecule has 2 aliphatic rings. The Bertz CT molecular complexity index is 363. The number of nitrogens with two attached hydrogens (primary N) is 1. The van der Waals surface area contributed by atoms with Gasteiger partial charge in [-0.25, -0.2) is 0 Å². The fourth-order valence-corrected chi connectivity index (χ4v) is 2.78. The van der Waals surface area contributed by atoms with E-state index in [1.54, 1.807) is 0 Å². The van der Waals surface area contributed by atoms with Crippen molar-refractivity contribution in [3.05, 3.63) is 35.9 Å². The smallest absolute Gasteiger partial charge is 0.0952 e. The van der Waals surface area contributed by atoms with Gasteiger partial charge in [0.1, 0.15) is 0 Å². The van der Waals surface area contributed by atoms with Crippen molar-refractivity contribution in [1.82, 2.24) is 4.90 Å². The molecule has 0 radical (unpaired) electrons. The molecule has 0 aromatic heterocycles. The van der Waals surface area contributed by atoms with Gasteiger partial charge in [0.2, 0.25) is 0 Å². The zero-order valence-corrected chi connectivity index (χ0v) is 11.8. The van der Waals surface area contributed by atoms with Crippen LogP contribution in [0.2, 0.25) is 0 Å². The summed E-state index contributed by atoms with van der Waals surface area (Å²) in [6, 6.07) is 11.3. The van der Waals surface area contributed by atoms with E-state index in [0.29, 0.717) is 12.1 Å². The maximum absolute atomic E-state index is 5.98. The summed E-state index contributed by atoms with van der Waals surface area (Å²) in [4.78, 5) is 2.48. The molecule has 0 amide bonds. The van der Waals surface area contributed by atoms with Crippen LogP contribution in [0, 0.1) is 0 Å². The minimum atomic E-state index is 0. The van der Waals surface area contributed by atoms with Crippen LogP contribution in [0.5, 0.6) is 0 Å². The summed E-state index contributed by atoms with van der Waals surface area (Å²) < 4.78 is 5.93. The van der Waals surface area contributed by atoms with Crippen LogP contribution < -0.4 is 5.73 Å². The van der Waals surface area contributed by atoms with Crippen molar-refractivity contribution in [1.29, 1.82) is 0 Å². The summed E-state index contributed by atoms with van der Waals surface area (Å²) in [6.45, 7) is 2.84. The highest BCUT2D eigenvalue weighted by Crippen LogP contribution is 2.29. The van der Waals surface area contributed by atoms with E-state index in [1.807, 2.05) is 6.07 Å². The van der Waals surface area contributed by atoms with Crippen LogP contribution in [-0.4, -0.2) is 36.7 Å². The van der Waals surface area contributed by atoms with Gasteiger partial charge in [-0.15, -0.1) is 24.8 Å². The minimum absolute atomic E-state index is 0. The molecule has 3 atom stereocenters. The molecule has 0 saturated carbocycles. The van der Waals surface area contributed by atoms with Crippen molar-refractivity contribution >= 4 is 24.8 Å². The molecule has 0 aliphatic carbocycles. The fraction of sp³-hybridized carbons (Fsp3) is 0.538. The molecule has 2 N–H and O–H groups in total. The summed E-state index contributed by atoms with van der Waals surface area (Å²) in [5.41, 5.74) is 7.26. The van der Waals surface area contributed by atoms with Crippen LogP contribution in [0.1, 0.15) is 18.1 Å². The average Bonchev–Trinajstić information content (AvgIpc) is 2.69. The first-order valence-corrected chi connectivity index (χ1v) is 5.99. The van der Waals surface area contributed by atoms with E-state index >= 15 is 0 Å². The summed E-state index contributed by atoms with van der Waals surface area (Å²) in [6.07, 6.45) is 1.31. The maximum Gasteiger partial charge on any atom is 0.0952 e. The lowest BCUT2D eigenvalue weighted by molar-refractivity contribution is -0.0501. The lowest BCUT2D eigenvalue weighted by atomic mass is 10.1. The molecule has 5 heteroatoms. The number of nitrogens with zero attached hydrogens (tertiary/aromatic N) is 1. The molecule has 1 aromatic rings. The molecule has 0 spiro atoms. The largest absolute Gasteiger partial charge is 0.371 e. The third-order valence-electron chi connectivity index (χ3n) is 3.62. The lowest BCUT2D eigenvalue weighted by Crippen LogP contribution is -2.42. The first-order valence-electron chi connectivity index (χ1n) is 5.99. The zero-order chi connectivity index (χ0) is 11.0. The molecular formula is C13H20Cl2N2O. The molecule has 18 heavy (non-hydrogen) atoms. The van der Waals surface area contributed by atoms with E-state index in [-0.39, 0.29) is 30.9 Å². The highest BCUT2D eigenvalue weighted by molar-refractivity contribution is 5.85. The summed E-state index contributed by atoms with van der Waals surface area (Å²) in [5.74, 6) is 0. The molecule has 102 valence electrons. The number of benzene rings is 1. The van der Waals surface area contributed by atoms with Gasteiger partial charge in [-0.1, -0.05) is 30.3 Å². The Balaban J connectivity index is 0.000000810. The van der Waals surface area contributed by atoms with Gasteiger partial charge in [0.25, 0.3) is 0 Å². The Morgan fingerprint density at radius 1 is 1.11 bits per heavy atom. The first kappa shape index (κ1) is 15.7. The normalized spacial score (nSPS) is 31.1. The number of ether oxygens (including phenoxy) is 1. The van der Waals surface area contributed by atoms with E-state index in [9.17, 15) is 0 Å². The van der Waals surface area contributed by atoms with Gasteiger partial charge in [-0.05, 0) is 12.0 Å². The maximum atomic E-state index is 5.98. The topological polar surface area (TPSA) is 38.5 Å². The minimum Gasteiger partial charge on any atom is -0.371 e. The van der Waals surface area contributed by atoms with Gasteiger partial charge < -0.3 is 10.5 Å². The lowest BCUT2D eigenvalue weighted by Gasteiger charge is -2.35. The molecule has 2 heterocycles. The number of morpholine rings is 1. The van der Waals surface area contributed by atoms with Gasteiger partial charge in [0, 0.05) is 25.2 Å². The van der Waals surface area contributed by atoms with Crippen LogP contribution in [0.3, 0.4) is 0 Å². The van der Waals surface area contributed by atoms with Crippen LogP contribution in [-0.2, 0) is 4.74 Å². The number of rotatable bonds is 1. The molecule has 2 aliphatic heterocycles. The van der Waals surface area contributed by atoms with Crippen LogP contribution in [0.25, 0.3) is 0 Å². The highest BCUT2D eigenvalue weighted by atomic mass is 35.5. The van der Waals surface area contributed by atoms with E-state index < -0.39 is 0 Å². The van der Waals surface area contributed by atoms with Gasteiger partial charge >= 0.3 is 0 Å². The van der Waals surface area contributed by atoms with Crippen molar-refractivity contribution in [2.75, 3.05) is 19.7 Å². The van der Waals surface area contributed by atoms with Gasteiger partial charge in [0.15, 0.2) is 0 Å². The van der Waals surface area contributed by atoms with Crippen molar-refractivity contribution in [2.24, 2.45) is 5.73 Å². The zero-order valence-electron chi connectivity index (χ0n) is 10.2. The van der Waals surface area contributed by atoms with Gasteiger partial charge in [0.05, 0.1) is 12.7 Å². The molecule has 0 bridgehead atoms. The first-order chi connectivity index (χ1) is 7.83. The predicted molar refractivity (Wildman–Crippen MR) is 77.6 cm³/mol. The second-order valence-corrected chi connectivity index (χ2v) is 4.84. The van der Waals surface area contributed by atoms with E-state index in [4.69, 9.17) is 10.5 Å². The number of halogens is 2. The van der Waals surface area contributed by atoms with E-state index in [0.717, 1.165) is 26.1 Å². The van der Waals surface area contributed by atoms with Gasteiger partial charge in [-0.2, -0.15) is 0 Å². The third kappa shape index (κ3) is 3.16. The standard InChI is InChI=1S/C13H18N2O.2ClH/c14-11-6-12-9-16-13(8-15(12)7-11)10-4-2-1-3-5-10;;/h1-5,11-13H,6-9,14H2;2*1H/t11-,12-,13+;;/m0../s1. The summed E-state index contributed by atoms with van der Waals surface area (Å²) >= 11 is 0. The molecule has 2 saturated heterocycles.